The maximum atomic E-state index is 12.2. The lowest BCUT2D eigenvalue weighted by atomic mass is 10.2. The van der Waals surface area contributed by atoms with E-state index in [4.69, 9.17) is 5.26 Å². The van der Waals surface area contributed by atoms with Gasteiger partial charge in [-0.1, -0.05) is 6.07 Å². The van der Waals surface area contributed by atoms with Crippen LogP contribution in [0.2, 0.25) is 0 Å². The van der Waals surface area contributed by atoms with Crippen LogP contribution in [0, 0.1) is 11.3 Å². The molecule has 0 radical (unpaired) electrons. The summed E-state index contributed by atoms with van der Waals surface area (Å²) in [6, 6.07) is 15.7. The molecule has 1 aromatic heterocycles. The number of nitriles is 1. The number of nitrogens with zero attached hydrogens (tertiary/aromatic N) is 3. The largest absolute Gasteiger partial charge is 0.339 e. The van der Waals surface area contributed by atoms with Crippen LogP contribution in [0.1, 0.15) is 23.0 Å². The number of carbonyl (C=O) groups is 2. The molecule has 28 heavy (non-hydrogen) atoms. The third-order valence-electron chi connectivity index (χ3n) is 3.61. The highest BCUT2D eigenvalue weighted by Crippen LogP contribution is 2.18. The Labute approximate surface area is 161 Å². The van der Waals surface area contributed by atoms with Crippen LogP contribution >= 0.6 is 0 Å². The molecule has 0 aliphatic carbocycles. The molecule has 0 bridgehead atoms. The molecule has 2 amide bonds. The second-order valence-corrected chi connectivity index (χ2v) is 5.82. The highest BCUT2D eigenvalue weighted by molar-refractivity contribution is 6.02. The monoisotopic (exact) mass is 372 g/mol. The van der Waals surface area contributed by atoms with Crippen molar-refractivity contribution in [2.24, 2.45) is 0 Å². The van der Waals surface area contributed by atoms with E-state index in [1.807, 2.05) is 12.1 Å². The van der Waals surface area contributed by atoms with E-state index in [2.05, 4.69) is 25.9 Å². The minimum absolute atomic E-state index is 0.155. The fraction of sp³-hybridized carbons (Fsp3) is 0.0500. The zero-order chi connectivity index (χ0) is 19.9. The summed E-state index contributed by atoms with van der Waals surface area (Å²) >= 11 is 0. The van der Waals surface area contributed by atoms with Gasteiger partial charge in [0.1, 0.15) is 11.5 Å². The molecule has 0 atom stereocenters. The molecule has 1 heterocycles. The van der Waals surface area contributed by atoms with E-state index in [9.17, 15) is 9.59 Å². The van der Waals surface area contributed by atoms with Gasteiger partial charge in [-0.2, -0.15) is 5.26 Å². The zero-order valence-electron chi connectivity index (χ0n) is 14.9. The van der Waals surface area contributed by atoms with Crippen molar-refractivity contribution in [3.05, 3.63) is 72.2 Å². The summed E-state index contributed by atoms with van der Waals surface area (Å²) < 4.78 is 0. The normalized spacial score (nSPS) is 9.86. The number of nitrogens with one attached hydrogen (secondary N) is 3. The molecule has 2 aromatic carbocycles. The molecule has 0 aliphatic rings. The summed E-state index contributed by atoms with van der Waals surface area (Å²) in [5.41, 5.74) is 2.60. The predicted molar refractivity (Wildman–Crippen MR) is 105 cm³/mol. The van der Waals surface area contributed by atoms with Gasteiger partial charge in [-0.25, -0.2) is 9.97 Å². The third kappa shape index (κ3) is 4.89. The zero-order valence-corrected chi connectivity index (χ0v) is 14.9. The summed E-state index contributed by atoms with van der Waals surface area (Å²) in [5.74, 6) is -0.110. The number of carbonyl (C=O) groups excluding carboxylic acids is 2. The number of benzene rings is 2. The molecule has 0 spiro atoms. The van der Waals surface area contributed by atoms with Crippen molar-refractivity contribution < 1.29 is 9.59 Å². The highest BCUT2D eigenvalue weighted by Gasteiger charge is 2.09. The van der Waals surface area contributed by atoms with Crippen molar-refractivity contribution >= 4 is 34.7 Å². The van der Waals surface area contributed by atoms with E-state index >= 15 is 0 Å². The molecule has 3 rings (SSSR count). The van der Waals surface area contributed by atoms with Crippen LogP contribution in [0.25, 0.3) is 0 Å². The van der Waals surface area contributed by atoms with Gasteiger partial charge < -0.3 is 16.0 Å². The fourth-order valence-electron chi connectivity index (χ4n) is 2.36. The van der Waals surface area contributed by atoms with Gasteiger partial charge in [-0.05, 0) is 42.5 Å². The quantitative estimate of drug-likeness (QED) is 0.632. The first kappa shape index (κ1) is 18.5. The topological polar surface area (TPSA) is 120 Å². The van der Waals surface area contributed by atoms with Crippen molar-refractivity contribution in [3.63, 3.8) is 0 Å². The molecular weight excluding hydrogens is 356 g/mol. The fourth-order valence-corrected chi connectivity index (χ4v) is 2.36. The van der Waals surface area contributed by atoms with Crippen molar-refractivity contribution in [1.29, 1.82) is 5.26 Å². The minimum Gasteiger partial charge on any atom is -0.339 e. The molecule has 8 nitrogen and oxygen atoms in total. The Bertz CT molecular complexity index is 1040. The van der Waals surface area contributed by atoms with Gasteiger partial charge in [0.2, 0.25) is 5.91 Å². The van der Waals surface area contributed by atoms with Gasteiger partial charge in [0, 0.05) is 24.0 Å². The maximum absolute atomic E-state index is 12.2. The van der Waals surface area contributed by atoms with Crippen LogP contribution in [-0.2, 0) is 4.79 Å². The first-order valence-electron chi connectivity index (χ1n) is 8.32. The number of hydrogen-bond acceptors (Lipinski definition) is 6. The van der Waals surface area contributed by atoms with Crippen molar-refractivity contribution in [2.75, 3.05) is 16.0 Å². The molecule has 0 saturated carbocycles. The molecular formula is C20H16N6O2. The first-order chi connectivity index (χ1) is 13.5. The van der Waals surface area contributed by atoms with Crippen LogP contribution in [0.15, 0.2) is 60.9 Å². The average molecular weight is 372 g/mol. The summed E-state index contributed by atoms with van der Waals surface area (Å²) in [6.07, 6.45) is 2.80. The van der Waals surface area contributed by atoms with Crippen LogP contribution < -0.4 is 16.0 Å². The summed E-state index contributed by atoms with van der Waals surface area (Å²) in [7, 11) is 0. The van der Waals surface area contributed by atoms with Crippen LogP contribution in [0.4, 0.5) is 22.9 Å². The summed E-state index contributed by atoms with van der Waals surface area (Å²) in [5, 5.41) is 17.2. The van der Waals surface area contributed by atoms with Gasteiger partial charge in [0.25, 0.3) is 5.91 Å². The van der Waals surface area contributed by atoms with Crippen LogP contribution in [-0.4, -0.2) is 21.8 Å². The Kier molecular flexibility index (Phi) is 5.58. The molecule has 3 aromatic rings. The highest BCUT2D eigenvalue weighted by atomic mass is 16.2. The second-order valence-electron chi connectivity index (χ2n) is 5.82. The van der Waals surface area contributed by atoms with Crippen LogP contribution in [0.3, 0.4) is 0 Å². The number of amides is 2. The lowest BCUT2D eigenvalue weighted by molar-refractivity contribution is -0.114. The molecule has 0 fully saturated rings. The molecule has 3 N–H and O–H groups in total. The number of aromatic nitrogens is 2. The van der Waals surface area contributed by atoms with Gasteiger partial charge in [-0.15, -0.1) is 0 Å². The summed E-state index contributed by atoms with van der Waals surface area (Å²) in [4.78, 5) is 31.7. The van der Waals surface area contributed by atoms with E-state index in [0.717, 1.165) is 5.69 Å². The molecule has 8 heteroatoms. The number of hydrogen-bond donors (Lipinski definition) is 3. The average Bonchev–Trinajstić information content (AvgIpc) is 2.69. The van der Waals surface area contributed by atoms with Crippen molar-refractivity contribution in [2.45, 2.75) is 6.92 Å². The third-order valence-corrected chi connectivity index (χ3v) is 3.61. The van der Waals surface area contributed by atoms with Crippen molar-refractivity contribution in [3.8, 4) is 6.07 Å². The molecule has 0 aliphatic heterocycles. The van der Waals surface area contributed by atoms with Gasteiger partial charge >= 0.3 is 0 Å². The first-order valence-corrected chi connectivity index (χ1v) is 8.32. The second kappa shape index (κ2) is 8.42. The minimum atomic E-state index is -0.406. The SMILES string of the molecule is CC(=O)Nc1cccc(Nc2cnc(C(=O)Nc3ccc(C#N)cc3)cn2)c1. The molecule has 138 valence electrons. The van der Waals surface area contributed by atoms with Gasteiger partial charge in [-0.3, -0.25) is 9.59 Å². The number of rotatable bonds is 5. The van der Waals surface area contributed by atoms with Gasteiger partial charge in [0.15, 0.2) is 0 Å². The lowest BCUT2D eigenvalue weighted by Crippen LogP contribution is -2.14. The smallest absolute Gasteiger partial charge is 0.275 e. The standard InChI is InChI=1S/C20H16N6O2/c1-13(27)24-16-3-2-4-17(9-16)25-19-12-22-18(11-23-19)20(28)26-15-7-5-14(10-21)6-8-15/h2-9,11-12H,1H3,(H,23,25)(H,24,27)(H,26,28). The number of anilines is 4. The Morgan fingerprint density at radius 3 is 2.32 bits per heavy atom. The van der Waals surface area contributed by atoms with Crippen LogP contribution in [0.5, 0.6) is 0 Å². The Balaban J connectivity index is 1.65. The Hall–Kier alpha value is -4.25. The van der Waals surface area contributed by atoms with E-state index in [-0.39, 0.29) is 11.6 Å². The lowest BCUT2D eigenvalue weighted by Gasteiger charge is -2.09. The van der Waals surface area contributed by atoms with E-state index in [1.165, 1.54) is 19.3 Å². The van der Waals surface area contributed by atoms with Gasteiger partial charge in [0.05, 0.1) is 24.0 Å². The molecule has 0 saturated heterocycles. The van der Waals surface area contributed by atoms with E-state index in [0.29, 0.717) is 22.8 Å². The molecule has 0 unspecified atom stereocenters. The van der Waals surface area contributed by atoms with E-state index < -0.39 is 5.91 Å². The predicted octanol–water partition coefficient (Wildman–Crippen LogP) is 3.30. The van der Waals surface area contributed by atoms with E-state index in [1.54, 1.807) is 42.5 Å². The Morgan fingerprint density at radius 1 is 0.929 bits per heavy atom. The van der Waals surface area contributed by atoms with Crippen molar-refractivity contribution in [1.82, 2.24) is 9.97 Å². The summed E-state index contributed by atoms with van der Waals surface area (Å²) in [6.45, 7) is 1.44. The Morgan fingerprint density at radius 2 is 1.68 bits per heavy atom. The maximum Gasteiger partial charge on any atom is 0.275 e.